The molecule has 1 N–H and O–H groups in total. The topological polar surface area (TPSA) is 71.3 Å². The maximum atomic E-state index is 12.3. The maximum absolute atomic E-state index is 12.3. The van der Waals surface area contributed by atoms with Gasteiger partial charge in [0.05, 0.1) is 24.3 Å². The van der Waals surface area contributed by atoms with E-state index in [1.807, 2.05) is 6.07 Å². The molecule has 7 heteroatoms. The molecule has 2 aromatic carbocycles. The predicted octanol–water partition coefficient (Wildman–Crippen LogP) is 4.56. The number of methoxy groups -OCH3 is 2. The van der Waals surface area contributed by atoms with Gasteiger partial charge in [0.1, 0.15) is 11.6 Å². The smallest absolute Gasteiger partial charge is 0.266 e. The molecule has 0 aromatic heterocycles. The molecule has 0 aliphatic carbocycles. The van der Waals surface area contributed by atoms with Gasteiger partial charge in [0.2, 0.25) is 0 Å². The van der Waals surface area contributed by atoms with E-state index >= 15 is 0 Å². The fourth-order valence-electron chi connectivity index (χ4n) is 2.05. The SMILES string of the molecule is COc1ccc(NC(=O)/C(C#N)=C/c2cccc(Cl)c2Cl)cc1OC. The fraction of sp³-hybridized carbons (Fsp3) is 0.111. The highest BCUT2D eigenvalue weighted by Gasteiger charge is 2.13. The summed E-state index contributed by atoms with van der Waals surface area (Å²) < 4.78 is 10.3. The standard InChI is InChI=1S/C18H14Cl2N2O3/c1-24-15-7-6-13(9-16(15)25-2)22-18(23)12(10-21)8-11-4-3-5-14(19)17(11)20/h3-9H,1-2H3,(H,22,23)/b12-8+. The third-order valence-corrected chi connectivity index (χ3v) is 4.12. The molecule has 0 radical (unpaired) electrons. The second-order valence-corrected chi connectivity index (χ2v) is 5.62. The van der Waals surface area contributed by atoms with E-state index in [9.17, 15) is 10.1 Å². The zero-order chi connectivity index (χ0) is 18.4. The molecule has 5 nitrogen and oxygen atoms in total. The number of nitrogens with zero attached hydrogens (tertiary/aromatic N) is 1. The number of carbonyl (C=O) groups is 1. The normalized spacial score (nSPS) is 10.8. The lowest BCUT2D eigenvalue weighted by Crippen LogP contribution is -2.13. The van der Waals surface area contributed by atoms with E-state index in [0.29, 0.717) is 27.8 Å². The first-order valence-corrected chi connectivity index (χ1v) is 7.85. The summed E-state index contributed by atoms with van der Waals surface area (Å²) in [5.74, 6) is 0.411. The lowest BCUT2D eigenvalue weighted by atomic mass is 10.1. The van der Waals surface area contributed by atoms with Crippen LogP contribution in [-0.2, 0) is 4.79 Å². The van der Waals surface area contributed by atoms with Gasteiger partial charge < -0.3 is 14.8 Å². The second-order valence-electron chi connectivity index (χ2n) is 4.84. The number of nitrogens with one attached hydrogen (secondary N) is 1. The van der Waals surface area contributed by atoms with E-state index in [2.05, 4.69) is 5.32 Å². The third kappa shape index (κ3) is 4.44. The Labute approximate surface area is 155 Å². The largest absolute Gasteiger partial charge is 0.493 e. The summed E-state index contributed by atoms with van der Waals surface area (Å²) in [5.41, 5.74) is 0.827. The molecule has 0 unspecified atom stereocenters. The molecule has 2 aromatic rings. The number of nitriles is 1. The first-order chi connectivity index (χ1) is 12.0. The van der Waals surface area contributed by atoms with Crippen LogP contribution in [0.2, 0.25) is 10.0 Å². The molecule has 0 fully saturated rings. The van der Waals surface area contributed by atoms with Crippen LogP contribution in [0.15, 0.2) is 42.0 Å². The van der Waals surface area contributed by atoms with Crippen molar-refractivity contribution in [3.05, 3.63) is 57.6 Å². The Kier molecular flexibility index (Phi) is 6.29. The van der Waals surface area contributed by atoms with Gasteiger partial charge in [-0.3, -0.25) is 4.79 Å². The summed E-state index contributed by atoms with van der Waals surface area (Å²) in [6, 6.07) is 11.7. The Bertz CT molecular complexity index is 873. The Hall–Kier alpha value is -2.68. The Morgan fingerprint density at radius 3 is 2.52 bits per heavy atom. The minimum Gasteiger partial charge on any atom is -0.493 e. The highest BCUT2D eigenvalue weighted by atomic mass is 35.5. The minimum atomic E-state index is -0.578. The van der Waals surface area contributed by atoms with Crippen molar-refractivity contribution in [3.8, 4) is 17.6 Å². The number of amides is 1. The van der Waals surface area contributed by atoms with Crippen LogP contribution in [0.1, 0.15) is 5.56 Å². The van der Waals surface area contributed by atoms with Gasteiger partial charge in [-0.05, 0) is 29.8 Å². The highest BCUT2D eigenvalue weighted by molar-refractivity contribution is 6.43. The molecule has 0 spiro atoms. The molecule has 0 heterocycles. The molecule has 0 saturated heterocycles. The first-order valence-electron chi connectivity index (χ1n) is 7.09. The van der Waals surface area contributed by atoms with Crippen LogP contribution in [0.3, 0.4) is 0 Å². The van der Waals surface area contributed by atoms with Crippen LogP contribution in [0, 0.1) is 11.3 Å². The van der Waals surface area contributed by atoms with Crippen molar-refractivity contribution in [2.24, 2.45) is 0 Å². The zero-order valence-corrected chi connectivity index (χ0v) is 15.0. The van der Waals surface area contributed by atoms with Gasteiger partial charge in [0, 0.05) is 11.8 Å². The van der Waals surface area contributed by atoms with Crippen molar-refractivity contribution in [2.75, 3.05) is 19.5 Å². The van der Waals surface area contributed by atoms with Gasteiger partial charge in [0.25, 0.3) is 5.91 Å². The van der Waals surface area contributed by atoms with Crippen LogP contribution in [0.25, 0.3) is 6.08 Å². The monoisotopic (exact) mass is 376 g/mol. The summed E-state index contributed by atoms with van der Waals surface area (Å²) in [5, 5.41) is 12.5. The number of rotatable bonds is 5. The van der Waals surface area contributed by atoms with Crippen molar-refractivity contribution in [3.63, 3.8) is 0 Å². The van der Waals surface area contributed by atoms with Crippen molar-refractivity contribution in [1.82, 2.24) is 0 Å². The second kappa shape index (κ2) is 8.43. The fourth-order valence-corrected chi connectivity index (χ4v) is 2.41. The highest BCUT2D eigenvalue weighted by Crippen LogP contribution is 2.30. The maximum Gasteiger partial charge on any atom is 0.266 e. The van der Waals surface area contributed by atoms with Crippen LogP contribution in [-0.4, -0.2) is 20.1 Å². The van der Waals surface area contributed by atoms with Crippen LogP contribution in [0.5, 0.6) is 11.5 Å². The number of anilines is 1. The zero-order valence-electron chi connectivity index (χ0n) is 13.5. The third-order valence-electron chi connectivity index (χ3n) is 3.29. The average Bonchev–Trinajstić information content (AvgIpc) is 2.62. The van der Waals surface area contributed by atoms with Crippen LogP contribution < -0.4 is 14.8 Å². The van der Waals surface area contributed by atoms with E-state index in [4.69, 9.17) is 32.7 Å². The van der Waals surface area contributed by atoms with Gasteiger partial charge in [-0.15, -0.1) is 0 Å². The van der Waals surface area contributed by atoms with Crippen molar-refractivity contribution < 1.29 is 14.3 Å². The number of hydrogen-bond donors (Lipinski definition) is 1. The molecule has 0 bridgehead atoms. The van der Waals surface area contributed by atoms with Crippen LogP contribution in [0.4, 0.5) is 5.69 Å². The van der Waals surface area contributed by atoms with Gasteiger partial charge in [-0.2, -0.15) is 5.26 Å². The Balaban J connectivity index is 2.28. The molecule has 0 aliphatic rings. The molecule has 128 valence electrons. The van der Waals surface area contributed by atoms with E-state index in [1.54, 1.807) is 36.4 Å². The quantitative estimate of drug-likeness (QED) is 0.613. The molecule has 0 saturated carbocycles. The lowest BCUT2D eigenvalue weighted by molar-refractivity contribution is -0.112. The van der Waals surface area contributed by atoms with E-state index < -0.39 is 5.91 Å². The molecule has 0 atom stereocenters. The van der Waals surface area contributed by atoms with E-state index in [0.717, 1.165) is 0 Å². The van der Waals surface area contributed by atoms with Gasteiger partial charge in [0.15, 0.2) is 11.5 Å². The molecular weight excluding hydrogens is 363 g/mol. The van der Waals surface area contributed by atoms with E-state index in [-0.39, 0.29) is 10.6 Å². The Morgan fingerprint density at radius 2 is 1.88 bits per heavy atom. The number of carbonyl (C=O) groups excluding carboxylic acids is 1. The summed E-state index contributed by atoms with van der Waals surface area (Å²) in [4.78, 5) is 12.3. The molecular formula is C18H14Cl2N2O3. The summed E-state index contributed by atoms with van der Waals surface area (Å²) in [6.45, 7) is 0. The average molecular weight is 377 g/mol. The van der Waals surface area contributed by atoms with Gasteiger partial charge in [-0.25, -0.2) is 0 Å². The summed E-state index contributed by atoms with van der Waals surface area (Å²) >= 11 is 12.0. The predicted molar refractivity (Wildman–Crippen MR) is 98.2 cm³/mol. The van der Waals surface area contributed by atoms with Crippen molar-refractivity contribution in [2.45, 2.75) is 0 Å². The minimum absolute atomic E-state index is 0.112. The summed E-state index contributed by atoms with van der Waals surface area (Å²) in [6.07, 6.45) is 1.38. The number of benzene rings is 2. The van der Waals surface area contributed by atoms with Crippen molar-refractivity contribution >= 4 is 40.9 Å². The Morgan fingerprint density at radius 1 is 1.16 bits per heavy atom. The molecule has 0 aliphatic heterocycles. The number of hydrogen-bond acceptors (Lipinski definition) is 4. The van der Waals surface area contributed by atoms with Crippen LogP contribution >= 0.6 is 23.2 Å². The lowest BCUT2D eigenvalue weighted by Gasteiger charge is -2.10. The number of ether oxygens (including phenoxy) is 2. The van der Waals surface area contributed by atoms with Gasteiger partial charge >= 0.3 is 0 Å². The molecule has 2 rings (SSSR count). The first kappa shape index (κ1) is 18.7. The number of halogens is 2. The van der Waals surface area contributed by atoms with Crippen molar-refractivity contribution in [1.29, 1.82) is 5.26 Å². The van der Waals surface area contributed by atoms with Gasteiger partial charge in [-0.1, -0.05) is 35.3 Å². The molecule has 1 amide bonds. The summed E-state index contributed by atoms with van der Waals surface area (Å²) in [7, 11) is 3.01. The molecule has 25 heavy (non-hydrogen) atoms. The van der Waals surface area contributed by atoms with E-state index in [1.165, 1.54) is 20.3 Å².